The number of hydrogen-bond acceptors (Lipinski definition) is 5. The van der Waals surface area contributed by atoms with Gasteiger partial charge >= 0.3 is 5.69 Å². The van der Waals surface area contributed by atoms with Gasteiger partial charge in [0.25, 0.3) is 5.88 Å². The number of aromatic nitrogens is 2. The molecule has 0 saturated heterocycles. The van der Waals surface area contributed by atoms with E-state index in [0.717, 1.165) is 12.8 Å². The van der Waals surface area contributed by atoms with Gasteiger partial charge in [0.2, 0.25) is 0 Å². The Balaban J connectivity index is 2.32. The molecule has 1 aromatic rings. The molecular weight excluding hydrogens is 236 g/mol. The third kappa shape index (κ3) is 2.17. The minimum atomic E-state index is -0.435. The lowest BCUT2D eigenvalue weighted by Gasteiger charge is -2.32. The van der Waals surface area contributed by atoms with Crippen molar-refractivity contribution < 1.29 is 9.66 Å². The SMILES string of the molecule is Cc1nn(C(C)C)c(OC2CC(N)C2)c1[N+](=O)[O-]. The lowest BCUT2D eigenvalue weighted by Crippen LogP contribution is -2.43. The monoisotopic (exact) mass is 254 g/mol. The molecule has 0 bridgehead atoms. The highest BCUT2D eigenvalue weighted by atomic mass is 16.6. The van der Waals surface area contributed by atoms with Gasteiger partial charge in [0.1, 0.15) is 11.8 Å². The molecular formula is C11H18N4O3. The maximum Gasteiger partial charge on any atom is 0.353 e. The quantitative estimate of drug-likeness (QED) is 0.649. The molecule has 0 amide bonds. The van der Waals surface area contributed by atoms with Crippen LogP contribution in [0.15, 0.2) is 0 Å². The molecule has 2 rings (SSSR count). The largest absolute Gasteiger partial charge is 0.470 e. The van der Waals surface area contributed by atoms with Crippen LogP contribution >= 0.6 is 0 Å². The second-order valence-corrected chi connectivity index (χ2v) is 5.01. The van der Waals surface area contributed by atoms with Crippen LogP contribution in [0.2, 0.25) is 0 Å². The Kier molecular flexibility index (Phi) is 3.25. The van der Waals surface area contributed by atoms with Crippen LogP contribution in [0.1, 0.15) is 38.4 Å². The van der Waals surface area contributed by atoms with Crippen LogP contribution in [0.5, 0.6) is 5.88 Å². The number of nitrogens with two attached hydrogens (primary N) is 1. The lowest BCUT2D eigenvalue weighted by molar-refractivity contribution is -0.386. The Labute approximate surface area is 105 Å². The van der Waals surface area contributed by atoms with Crippen LogP contribution in [-0.2, 0) is 0 Å². The lowest BCUT2D eigenvalue weighted by atomic mass is 9.90. The number of nitrogens with zero attached hydrogens (tertiary/aromatic N) is 3. The van der Waals surface area contributed by atoms with Crippen molar-refractivity contribution in [2.45, 2.75) is 51.8 Å². The van der Waals surface area contributed by atoms with Gasteiger partial charge in [-0.3, -0.25) is 10.1 Å². The van der Waals surface area contributed by atoms with E-state index < -0.39 is 4.92 Å². The summed E-state index contributed by atoms with van der Waals surface area (Å²) in [6.07, 6.45) is 1.44. The Morgan fingerprint density at radius 3 is 2.61 bits per heavy atom. The Morgan fingerprint density at radius 2 is 2.17 bits per heavy atom. The second kappa shape index (κ2) is 4.56. The van der Waals surface area contributed by atoms with Crippen molar-refractivity contribution in [3.63, 3.8) is 0 Å². The topological polar surface area (TPSA) is 96.2 Å². The van der Waals surface area contributed by atoms with E-state index >= 15 is 0 Å². The minimum Gasteiger partial charge on any atom is -0.470 e. The fourth-order valence-corrected chi connectivity index (χ4v) is 2.05. The molecule has 0 spiro atoms. The van der Waals surface area contributed by atoms with E-state index in [1.807, 2.05) is 13.8 Å². The molecule has 1 aliphatic rings. The van der Waals surface area contributed by atoms with Crippen LogP contribution in [0, 0.1) is 17.0 Å². The van der Waals surface area contributed by atoms with Crippen molar-refractivity contribution in [1.29, 1.82) is 0 Å². The second-order valence-electron chi connectivity index (χ2n) is 5.01. The van der Waals surface area contributed by atoms with Crippen molar-refractivity contribution in [2.75, 3.05) is 0 Å². The molecule has 0 atom stereocenters. The summed E-state index contributed by atoms with van der Waals surface area (Å²) >= 11 is 0. The molecule has 1 aliphatic carbocycles. The highest BCUT2D eigenvalue weighted by Crippen LogP contribution is 2.36. The van der Waals surface area contributed by atoms with Crippen LogP contribution in [0.25, 0.3) is 0 Å². The Morgan fingerprint density at radius 1 is 1.56 bits per heavy atom. The molecule has 0 unspecified atom stereocenters. The molecule has 0 radical (unpaired) electrons. The number of ether oxygens (including phenoxy) is 1. The predicted octanol–water partition coefficient (Wildman–Crippen LogP) is 1.55. The first-order valence-corrected chi connectivity index (χ1v) is 6.06. The molecule has 1 fully saturated rings. The van der Waals surface area contributed by atoms with Crippen LogP contribution in [-0.4, -0.2) is 26.8 Å². The first-order chi connectivity index (χ1) is 8.40. The number of nitro groups is 1. The molecule has 0 aliphatic heterocycles. The Bertz CT molecular complexity index is 463. The van der Waals surface area contributed by atoms with Crippen molar-refractivity contribution >= 4 is 5.69 Å². The van der Waals surface area contributed by atoms with Crippen molar-refractivity contribution in [1.82, 2.24) is 9.78 Å². The summed E-state index contributed by atoms with van der Waals surface area (Å²) in [6.45, 7) is 5.45. The summed E-state index contributed by atoms with van der Waals surface area (Å²) in [5.74, 6) is 0.254. The summed E-state index contributed by atoms with van der Waals surface area (Å²) < 4.78 is 7.27. The third-order valence-electron chi connectivity index (χ3n) is 3.09. The highest BCUT2D eigenvalue weighted by molar-refractivity contribution is 5.46. The van der Waals surface area contributed by atoms with Gasteiger partial charge in [0.05, 0.1) is 11.0 Å². The van der Waals surface area contributed by atoms with Gasteiger partial charge in [-0.15, -0.1) is 0 Å². The van der Waals surface area contributed by atoms with Gasteiger partial charge in [0, 0.05) is 6.04 Å². The van der Waals surface area contributed by atoms with Crippen molar-refractivity contribution in [3.8, 4) is 5.88 Å². The summed E-state index contributed by atoms with van der Waals surface area (Å²) in [4.78, 5) is 10.6. The standard InChI is InChI=1S/C11H18N4O3/c1-6(2)14-11(18-9-4-8(12)5-9)10(15(16)17)7(3)13-14/h6,8-9H,4-5,12H2,1-3H3. The van der Waals surface area contributed by atoms with E-state index in [-0.39, 0.29) is 29.8 Å². The van der Waals surface area contributed by atoms with Crippen LogP contribution < -0.4 is 10.5 Å². The zero-order chi connectivity index (χ0) is 13.4. The van der Waals surface area contributed by atoms with Crippen molar-refractivity contribution in [2.24, 2.45) is 5.73 Å². The minimum absolute atomic E-state index is 0.0150. The molecule has 1 saturated carbocycles. The maximum absolute atomic E-state index is 11.1. The number of hydrogen-bond donors (Lipinski definition) is 1. The number of rotatable bonds is 4. The molecule has 1 aromatic heterocycles. The average molecular weight is 254 g/mol. The molecule has 7 heteroatoms. The molecule has 1 heterocycles. The van der Waals surface area contributed by atoms with Gasteiger partial charge in [0.15, 0.2) is 0 Å². The average Bonchev–Trinajstić information content (AvgIpc) is 2.53. The van der Waals surface area contributed by atoms with E-state index in [9.17, 15) is 10.1 Å². The molecule has 18 heavy (non-hydrogen) atoms. The van der Waals surface area contributed by atoms with Gasteiger partial charge in [-0.1, -0.05) is 0 Å². The highest BCUT2D eigenvalue weighted by Gasteiger charge is 2.34. The summed E-state index contributed by atoms with van der Waals surface area (Å²) in [6, 6.07) is 0.159. The predicted molar refractivity (Wildman–Crippen MR) is 65.6 cm³/mol. The third-order valence-corrected chi connectivity index (χ3v) is 3.09. The van der Waals surface area contributed by atoms with Gasteiger partial charge in [-0.2, -0.15) is 5.10 Å². The van der Waals surface area contributed by atoms with Crippen LogP contribution in [0.3, 0.4) is 0 Å². The van der Waals surface area contributed by atoms with E-state index in [0.29, 0.717) is 5.69 Å². The zero-order valence-electron chi connectivity index (χ0n) is 10.8. The number of aryl methyl sites for hydroxylation is 1. The first kappa shape index (κ1) is 12.8. The van der Waals surface area contributed by atoms with E-state index in [4.69, 9.17) is 10.5 Å². The van der Waals surface area contributed by atoms with Gasteiger partial charge in [-0.25, -0.2) is 4.68 Å². The molecule has 2 N–H and O–H groups in total. The first-order valence-electron chi connectivity index (χ1n) is 6.06. The smallest absolute Gasteiger partial charge is 0.353 e. The summed E-state index contributed by atoms with van der Waals surface area (Å²) in [5, 5.41) is 15.3. The summed E-state index contributed by atoms with van der Waals surface area (Å²) in [7, 11) is 0. The normalized spacial score (nSPS) is 22.9. The van der Waals surface area contributed by atoms with E-state index in [1.54, 1.807) is 11.6 Å². The zero-order valence-corrected chi connectivity index (χ0v) is 10.8. The van der Waals surface area contributed by atoms with E-state index in [1.165, 1.54) is 0 Å². The molecule has 100 valence electrons. The molecule has 7 nitrogen and oxygen atoms in total. The fourth-order valence-electron chi connectivity index (χ4n) is 2.05. The van der Waals surface area contributed by atoms with Gasteiger partial charge in [-0.05, 0) is 33.6 Å². The molecule has 0 aromatic carbocycles. The van der Waals surface area contributed by atoms with Gasteiger partial charge < -0.3 is 10.5 Å². The van der Waals surface area contributed by atoms with E-state index in [2.05, 4.69) is 5.10 Å². The fraction of sp³-hybridized carbons (Fsp3) is 0.727. The Hall–Kier alpha value is -1.63. The maximum atomic E-state index is 11.1. The van der Waals surface area contributed by atoms with Crippen LogP contribution in [0.4, 0.5) is 5.69 Å². The summed E-state index contributed by atoms with van der Waals surface area (Å²) in [5.41, 5.74) is 6.03. The van der Waals surface area contributed by atoms with Crippen molar-refractivity contribution in [3.05, 3.63) is 15.8 Å².